The van der Waals surface area contributed by atoms with Crippen LogP contribution in [0.2, 0.25) is 0 Å². The first-order chi connectivity index (χ1) is 8.15. The summed E-state index contributed by atoms with van der Waals surface area (Å²) in [6.07, 6.45) is 0. The number of rotatable bonds is 5. The number of hydrogen-bond acceptors (Lipinski definition) is 2. The van der Waals surface area contributed by atoms with Crippen molar-refractivity contribution in [3.05, 3.63) is 30.3 Å². The summed E-state index contributed by atoms with van der Waals surface area (Å²) in [5.41, 5.74) is 1.22. The number of para-hydroxylation sites is 1. The fraction of sp³-hybridized carbons (Fsp3) is 0.429. The summed E-state index contributed by atoms with van der Waals surface area (Å²) in [6.45, 7) is 7.66. The second-order valence-corrected chi connectivity index (χ2v) is 6.19. The fourth-order valence-electron chi connectivity index (χ4n) is 1.77. The lowest BCUT2D eigenvalue weighted by molar-refractivity contribution is 0.589. The highest BCUT2D eigenvalue weighted by Crippen LogP contribution is 2.26. The number of hydrogen-bond donors (Lipinski definition) is 2. The topological polar surface area (TPSA) is 27.8 Å². The predicted molar refractivity (Wildman–Crippen MR) is 76.8 cm³/mol. The second kappa shape index (κ2) is 5.61. The molecule has 1 aromatic carbocycles. The van der Waals surface area contributed by atoms with E-state index in [9.17, 15) is 0 Å². The lowest BCUT2D eigenvalue weighted by Gasteiger charge is -2.13. The molecule has 0 amide bonds. The van der Waals surface area contributed by atoms with Crippen LogP contribution in [0.1, 0.15) is 20.8 Å². The highest BCUT2D eigenvalue weighted by atomic mass is 32.2. The van der Waals surface area contributed by atoms with Crippen molar-refractivity contribution < 1.29 is 0 Å². The van der Waals surface area contributed by atoms with Gasteiger partial charge in [0.1, 0.15) is 0 Å². The second-order valence-electron chi connectivity index (χ2n) is 4.71. The van der Waals surface area contributed by atoms with Gasteiger partial charge < -0.3 is 10.3 Å². The van der Waals surface area contributed by atoms with Crippen LogP contribution >= 0.6 is 11.8 Å². The van der Waals surface area contributed by atoms with Gasteiger partial charge in [0, 0.05) is 28.7 Å². The van der Waals surface area contributed by atoms with Gasteiger partial charge in [0.05, 0.1) is 5.03 Å². The Morgan fingerprint density at radius 3 is 2.71 bits per heavy atom. The molecule has 17 heavy (non-hydrogen) atoms. The number of benzene rings is 1. The molecule has 1 atom stereocenters. The Morgan fingerprint density at radius 2 is 2.00 bits per heavy atom. The molecule has 0 saturated carbocycles. The van der Waals surface area contributed by atoms with E-state index in [-0.39, 0.29) is 0 Å². The summed E-state index contributed by atoms with van der Waals surface area (Å²) in [5.74, 6) is 0. The summed E-state index contributed by atoms with van der Waals surface area (Å²) >= 11 is 1.89. The number of aromatic amines is 1. The van der Waals surface area contributed by atoms with E-state index < -0.39 is 0 Å². The van der Waals surface area contributed by atoms with E-state index in [1.54, 1.807) is 0 Å². The maximum Gasteiger partial charge on any atom is 0.0735 e. The lowest BCUT2D eigenvalue weighted by atomic mass is 10.3. The Kier molecular flexibility index (Phi) is 4.13. The molecule has 0 fully saturated rings. The van der Waals surface area contributed by atoms with Crippen LogP contribution < -0.4 is 5.32 Å². The molecule has 92 valence electrons. The third-order valence-electron chi connectivity index (χ3n) is 2.65. The Morgan fingerprint density at radius 1 is 1.24 bits per heavy atom. The van der Waals surface area contributed by atoms with E-state index >= 15 is 0 Å². The number of fused-ring (bicyclic) bond motifs is 1. The van der Waals surface area contributed by atoms with Gasteiger partial charge in [-0.3, -0.25) is 0 Å². The van der Waals surface area contributed by atoms with Gasteiger partial charge in [0.2, 0.25) is 0 Å². The maximum absolute atomic E-state index is 3.46. The van der Waals surface area contributed by atoms with Crippen LogP contribution in [0.15, 0.2) is 35.4 Å². The Labute approximate surface area is 107 Å². The zero-order valence-corrected chi connectivity index (χ0v) is 11.5. The standard InChI is InChI=1S/C14H20N2S/c1-10(2)15-9-11(3)17-14-8-12-6-4-5-7-13(12)16-14/h4-8,10-11,15-16H,9H2,1-3H3. The highest BCUT2D eigenvalue weighted by Gasteiger charge is 2.07. The van der Waals surface area contributed by atoms with Crippen molar-refractivity contribution in [3.63, 3.8) is 0 Å². The van der Waals surface area contributed by atoms with Crippen LogP contribution in [-0.2, 0) is 0 Å². The summed E-state index contributed by atoms with van der Waals surface area (Å²) < 4.78 is 0. The van der Waals surface area contributed by atoms with E-state index in [0.717, 1.165) is 6.54 Å². The SMILES string of the molecule is CC(C)NCC(C)Sc1cc2ccccc2[nH]1. The summed E-state index contributed by atoms with van der Waals surface area (Å²) in [5, 5.41) is 6.58. The first kappa shape index (κ1) is 12.5. The first-order valence-corrected chi connectivity index (χ1v) is 7.01. The van der Waals surface area contributed by atoms with E-state index in [0.29, 0.717) is 11.3 Å². The quantitative estimate of drug-likeness (QED) is 0.791. The molecule has 1 unspecified atom stereocenters. The molecule has 2 nitrogen and oxygen atoms in total. The van der Waals surface area contributed by atoms with Gasteiger partial charge in [-0.2, -0.15) is 0 Å². The van der Waals surface area contributed by atoms with Crippen LogP contribution in [-0.4, -0.2) is 22.8 Å². The van der Waals surface area contributed by atoms with Gasteiger partial charge >= 0.3 is 0 Å². The first-order valence-electron chi connectivity index (χ1n) is 6.13. The smallest absolute Gasteiger partial charge is 0.0735 e. The van der Waals surface area contributed by atoms with Gasteiger partial charge in [0.25, 0.3) is 0 Å². The predicted octanol–water partition coefficient (Wildman–Crippen LogP) is 3.65. The zero-order valence-electron chi connectivity index (χ0n) is 10.7. The third kappa shape index (κ3) is 3.51. The molecule has 2 N–H and O–H groups in total. The normalized spacial score (nSPS) is 13.4. The van der Waals surface area contributed by atoms with Crippen molar-refractivity contribution in [2.24, 2.45) is 0 Å². The van der Waals surface area contributed by atoms with Crippen LogP contribution in [0.25, 0.3) is 10.9 Å². The minimum atomic E-state index is 0.556. The minimum absolute atomic E-state index is 0.556. The summed E-state index contributed by atoms with van der Waals surface area (Å²) in [6, 6.07) is 11.2. The molecule has 0 bridgehead atoms. The van der Waals surface area contributed by atoms with Crippen molar-refractivity contribution >= 4 is 22.7 Å². The van der Waals surface area contributed by atoms with Gasteiger partial charge in [-0.05, 0) is 12.1 Å². The van der Waals surface area contributed by atoms with Gasteiger partial charge in [-0.25, -0.2) is 0 Å². The molecule has 0 spiro atoms. The summed E-state index contributed by atoms with van der Waals surface area (Å²) in [4.78, 5) is 3.45. The molecule has 1 heterocycles. The van der Waals surface area contributed by atoms with Crippen molar-refractivity contribution in [2.45, 2.75) is 37.1 Å². The van der Waals surface area contributed by atoms with Crippen molar-refractivity contribution in [1.82, 2.24) is 10.3 Å². The molecule has 0 aliphatic carbocycles. The Hall–Kier alpha value is -0.930. The van der Waals surface area contributed by atoms with Crippen LogP contribution in [0.4, 0.5) is 0 Å². The largest absolute Gasteiger partial charge is 0.350 e. The fourth-order valence-corrected chi connectivity index (χ4v) is 2.75. The highest BCUT2D eigenvalue weighted by molar-refractivity contribution is 7.99. The maximum atomic E-state index is 3.46. The van der Waals surface area contributed by atoms with Gasteiger partial charge in [0.15, 0.2) is 0 Å². The molecule has 0 saturated heterocycles. The molecule has 3 heteroatoms. The molecule has 0 aliphatic rings. The molecule has 0 aliphatic heterocycles. The number of aromatic nitrogens is 1. The molecular weight excluding hydrogens is 228 g/mol. The number of thioether (sulfide) groups is 1. The van der Waals surface area contributed by atoms with Crippen LogP contribution in [0.3, 0.4) is 0 Å². The van der Waals surface area contributed by atoms with Crippen molar-refractivity contribution in [2.75, 3.05) is 6.54 Å². The van der Waals surface area contributed by atoms with Crippen molar-refractivity contribution in [3.8, 4) is 0 Å². The van der Waals surface area contributed by atoms with Gasteiger partial charge in [-0.1, -0.05) is 39.0 Å². The number of H-pyrrole nitrogens is 1. The van der Waals surface area contributed by atoms with E-state index in [2.05, 4.69) is 61.4 Å². The third-order valence-corrected chi connectivity index (χ3v) is 3.69. The molecular formula is C14H20N2S. The molecule has 1 aromatic heterocycles. The average Bonchev–Trinajstić information content (AvgIpc) is 2.68. The van der Waals surface area contributed by atoms with E-state index in [4.69, 9.17) is 0 Å². The zero-order chi connectivity index (χ0) is 12.3. The lowest BCUT2D eigenvalue weighted by Crippen LogP contribution is -2.28. The summed E-state index contributed by atoms with van der Waals surface area (Å²) in [7, 11) is 0. The molecule has 2 aromatic rings. The molecule has 0 radical (unpaired) electrons. The number of nitrogens with one attached hydrogen (secondary N) is 2. The monoisotopic (exact) mass is 248 g/mol. The Balaban J connectivity index is 1.98. The average molecular weight is 248 g/mol. The Bertz CT molecular complexity index is 443. The van der Waals surface area contributed by atoms with Crippen LogP contribution in [0, 0.1) is 0 Å². The molecule has 2 rings (SSSR count). The van der Waals surface area contributed by atoms with Gasteiger partial charge in [-0.15, -0.1) is 11.8 Å². The van der Waals surface area contributed by atoms with Crippen molar-refractivity contribution in [1.29, 1.82) is 0 Å². The van der Waals surface area contributed by atoms with E-state index in [1.165, 1.54) is 15.9 Å². The van der Waals surface area contributed by atoms with E-state index in [1.807, 2.05) is 11.8 Å². The minimum Gasteiger partial charge on any atom is -0.350 e. The van der Waals surface area contributed by atoms with Crippen LogP contribution in [0.5, 0.6) is 0 Å².